The molecule has 0 radical (unpaired) electrons. The monoisotopic (exact) mass is 128 g/mol. The molecule has 0 aromatic carbocycles. The fourth-order valence-corrected chi connectivity index (χ4v) is 0.409. The molecular formula is C5H4O4. The summed E-state index contributed by atoms with van der Waals surface area (Å²) in [6, 6.07) is 0. The van der Waals surface area contributed by atoms with Crippen LogP contribution in [0.2, 0.25) is 0 Å². The van der Waals surface area contributed by atoms with E-state index in [9.17, 15) is 9.59 Å². The molecule has 1 aliphatic heterocycles. The number of esters is 2. The van der Waals surface area contributed by atoms with E-state index in [0.717, 1.165) is 12.5 Å². The fraction of sp³-hybridized carbons (Fsp3) is 0.200. The van der Waals surface area contributed by atoms with Crippen molar-refractivity contribution in [3.8, 4) is 0 Å². The van der Waals surface area contributed by atoms with Crippen LogP contribution < -0.4 is 0 Å². The van der Waals surface area contributed by atoms with Gasteiger partial charge < -0.3 is 9.47 Å². The van der Waals surface area contributed by atoms with Gasteiger partial charge in [-0.15, -0.1) is 0 Å². The Hall–Kier alpha value is -1.32. The predicted molar refractivity (Wildman–Crippen MR) is 25.9 cm³/mol. The maximum absolute atomic E-state index is 10.3. The average Bonchev–Trinajstić information content (AvgIpc) is 1.93. The van der Waals surface area contributed by atoms with Gasteiger partial charge in [0.25, 0.3) is 0 Å². The molecule has 0 atom stereocenters. The predicted octanol–water partition coefficient (Wildman–Crippen LogP) is -0.0523. The number of carbonyl (C=O) groups excluding carboxylic acids is 2. The summed E-state index contributed by atoms with van der Waals surface area (Å²) in [6.45, 7) is 0. The van der Waals surface area contributed by atoms with Crippen LogP contribution in [0, 0.1) is 0 Å². The average molecular weight is 128 g/mol. The van der Waals surface area contributed by atoms with Crippen LogP contribution in [0.1, 0.15) is 6.42 Å². The van der Waals surface area contributed by atoms with Crippen molar-refractivity contribution in [2.24, 2.45) is 0 Å². The van der Waals surface area contributed by atoms with Gasteiger partial charge in [-0.25, -0.2) is 0 Å². The Bertz CT molecular complexity index is 152. The number of carbonyl (C=O) groups is 2. The van der Waals surface area contributed by atoms with Crippen LogP contribution in [0.15, 0.2) is 12.5 Å². The molecule has 0 spiro atoms. The second kappa shape index (κ2) is 2.30. The Kier molecular flexibility index (Phi) is 1.48. The number of cyclic esters (lactones) is 2. The van der Waals surface area contributed by atoms with E-state index < -0.39 is 11.9 Å². The highest BCUT2D eigenvalue weighted by atomic mass is 16.6. The van der Waals surface area contributed by atoms with Crippen LogP contribution in [-0.2, 0) is 19.1 Å². The Labute approximate surface area is 51.1 Å². The molecule has 1 rings (SSSR count). The van der Waals surface area contributed by atoms with E-state index >= 15 is 0 Å². The third-order valence-corrected chi connectivity index (χ3v) is 0.743. The van der Waals surface area contributed by atoms with Gasteiger partial charge in [-0.3, -0.25) is 9.59 Å². The molecule has 4 nitrogen and oxygen atoms in total. The lowest BCUT2D eigenvalue weighted by Gasteiger charge is -1.89. The first-order valence-corrected chi connectivity index (χ1v) is 2.33. The van der Waals surface area contributed by atoms with Crippen LogP contribution in [0.3, 0.4) is 0 Å². The largest absolute Gasteiger partial charge is 0.431 e. The molecule has 0 N–H and O–H groups in total. The smallest absolute Gasteiger partial charge is 0.322 e. The molecule has 4 heteroatoms. The number of hydrogen-bond donors (Lipinski definition) is 0. The first-order valence-electron chi connectivity index (χ1n) is 2.33. The molecule has 0 fully saturated rings. The van der Waals surface area contributed by atoms with Crippen LogP contribution in [0.5, 0.6) is 0 Å². The van der Waals surface area contributed by atoms with E-state index in [0.29, 0.717) is 0 Å². The molecule has 0 bridgehead atoms. The van der Waals surface area contributed by atoms with Crippen molar-refractivity contribution in [1.82, 2.24) is 0 Å². The molecule has 0 saturated heterocycles. The highest BCUT2D eigenvalue weighted by Gasteiger charge is 2.12. The van der Waals surface area contributed by atoms with Crippen molar-refractivity contribution < 1.29 is 19.1 Å². The maximum atomic E-state index is 10.3. The Morgan fingerprint density at radius 2 is 1.56 bits per heavy atom. The number of ether oxygens (including phenoxy) is 2. The summed E-state index contributed by atoms with van der Waals surface area (Å²) >= 11 is 0. The van der Waals surface area contributed by atoms with Gasteiger partial charge in [0, 0.05) is 0 Å². The summed E-state index contributed by atoms with van der Waals surface area (Å²) in [5.74, 6) is -1.18. The minimum absolute atomic E-state index is 0.313. The SMILES string of the molecule is O=C1CC(=O)OC=CO1. The fourth-order valence-electron chi connectivity index (χ4n) is 0.409. The van der Waals surface area contributed by atoms with E-state index in [1.807, 2.05) is 0 Å². The Morgan fingerprint density at radius 3 is 2.00 bits per heavy atom. The van der Waals surface area contributed by atoms with Gasteiger partial charge in [-0.2, -0.15) is 0 Å². The summed E-state index contributed by atoms with van der Waals surface area (Å²) in [6.07, 6.45) is 1.76. The summed E-state index contributed by atoms with van der Waals surface area (Å²) < 4.78 is 8.62. The van der Waals surface area contributed by atoms with Crippen LogP contribution in [-0.4, -0.2) is 11.9 Å². The van der Waals surface area contributed by atoms with Crippen molar-refractivity contribution in [1.29, 1.82) is 0 Å². The highest BCUT2D eigenvalue weighted by Crippen LogP contribution is 1.96. The molecule has 0 aromatic rings. The van der Waals surface area contributed by atoms with E-state index in [2.05, 4.69) is 9.47 Å². The van der Waals surface area contributed by atoms with E-state index in [4.69, 9.17) is 0 Å². The normalized spacial score (nSPS) is 18.2. The molecule has 0 aliphatic carbocycles. The summed E-state index contributed by atoms with van der Waals surface area (Å²) in [4.78, 5) is 20.6. The summed E-state index contributed by atoms with van der Waals surface area (Å²) in [5.41, 5.74) is 0. The van der Waals surface area contributed by atoms with Gasteiger partial charge in [-0.05, 0) is 0 Å². The van der Waals surface area contributed by atoms with Gasteiger partial charge in [-0.1, -0.05) is 0 Å². The van der Waals surface area contributed by atoms with E-state index in [1.54, 1.807) is 0 Å². The van der Waals surface area contributed by atoms with E-state index in [-0.39, 0.29) is 6.42 Å². The lowest BCUT2D eigenvalue weighted by Crippen LogP contribution is -2.06. The highest BCUT2D eigenvalue weighted by molar-refractivity contribution is 5.92. The van der Waals surface area contributed by atoms with Gasteiger partial charge in [0.1, 0.15) is 18.9 Å². The van der Waals surface area contributed by atoms with Crippen LogP contribution in [0.4, 0.5) is 0 Å². The molecule has 0 aromatic heterocycles. The topological polar surface area (TPSA) is 52.6 Å². The molecule has 48 valence electrons. The number of rotatable bonds is 0. The molecule has 1 heterocycles. The zero-order valence-electron chi connectivity index (χ0n) is 4.49. The van der Waals surface area contributed by atoms with Crippen molar-refractivity contribution >= 4 is 11.9 Å². The number of hydrogen-bond acceptors (Lipinski definition) is 4. The third-order valence-electron chi connectivity index (χ3n) is 0.743. The Balaban J connectivity index is 2.60. The second-order valence-electron chi connectivity index (χ2n) is 1.43. The molecule has 0 unspecified atom stereocenters. The van der Waals surface area contributed by atoms with Crippen LogP contribution in [0.25, 0.3) is 0 Å². The van der Waals surface area contributed by atoms with Crippen molar-refractivity contribution in [3.05, 3.63) is 12.5 Å². The second-order valence-corrected chi connectivity index (χ2v) is 1.43. The maximum Gasteiger partial charge on any atom is 0.322 e. The lowest BCUT2D eigenvalue weighted by atomic mass is 10.4. The van der Waals surface area contributed by atoms with Gasteiger partial charge >= 0.3 is 11.9 Å². The first kappa shape index (κ1) is 5.81. The standard InChI is InChI=1S/C5H4O4/c6-4-3-5(7)9-2-1-8-4/h1-2H,3H2. The minimum Gasteiger partial charge on any atom is -0.431 e. The van der Waals surface area contributed by atoms with Gasteiger partial charge in [0.15, 0.2) is 0 Å². The van der Waals surface area contributed by atoms with Crippen molar-refractivity contribution in [3.63, 3.8) is 0 Å². The molecule has 1 aliphatic rings. The van der Waals surface area contributed by atoms with Crippen molar-refractivity contribution in [2.75, 3.05) is 0 Å². The lowest BCUT2D eigenvalue weighted by molar-refractivity contribution is -0.146. The molecule has 9 heavy (non-hydrogen) atoms. The minimum atomic E-state index is -0.589. The summed E-state index contributed by atoms with van der Waals surface area (Å²) in [7, 11) is 0. The quantitative estimate of drug-likeness (QED) is 0.339. The van der Waals surface area contributed by atoms with Crippen molar-refractivity contribution in [2.45, 2.75) is 6.42 Å². The van der Waals surface area contributed by atoms with Gasteiger partial charge in [0.2, 0.25) is 0 Å². The molecule has 0 amide bonds. The first-order chi connectivity index (χ1) is 4.29. The molecule has 0 saturated carbocycles. The molecular weight excluding hydrogens is 124 g/mol. The summed E-state index contributed by atoms with van der Waals surface area (Å²) in [5, 5.41) is 0. The van der Waals surface area contributed by atoms with Crippen LogP contribution >= 0.6 is 0 Å². The zero-order chi connectivity index (χ0) is 6.69. The Morgan fingerprint density at radius 1 is 1.11 bits per heavy atom. The van der Waals surface area contributed by atoms with E-state index in [1.165, 1.54) is 0 Å². The third kappa shape index (κ3) is 1.56. The van der Waals surface area contributed by atoms with Gasteiger partial charge in [0.05, 0.1) is 0 Å². The zero-order valence-corrected chi connectivity index (χ0v) is 4.49.